The first-order chi connectivity index (χ1) is 2.00. The van der Waals surface area contributed by atoms with Crippen molar-refractivity contribution in [2.75, 3.05) is 0 Å². The van der Waals surface area contributed by atoms with Crippen LogP contribution in [0.2, 0.25) is 0 Å². The van der Waals surface area contributed by atoms with Crippen molar-refractivity contribution in [1.82, 2.24) is 0 Å². The number of rotatable bonds is 0. The van der Waals surface area contributed by atoms with Crippen LogP contribution in [0.15, 0.2) is 0 Å². The standard InChI is InChI=1S/C2H4ClO.Sb/c1-2(3)4;/h4H,1H3;. The molecule has 0 amide bonds. The molecule has 0 aliphatic heterocycles. The minimum absolute atomic E-state index is 0.978. The average Bonchev–Trinajstić information content (AvgIpc) is 0.722. The number of alkyl halides is 1. The fourth-order valence-corrected chi connectivity index (χ4v) is 0. The maximum absolute atomic E-state index is 8.31. The molecule has 0 saturated heterocycles. The number of hydrogen-bond acceptors (Lipinski definition) is 1. The van der Waals surface area contributed by atoms with Crippen LogP contribution in [0.1, 0.15) is 6.92 Å². The van der Waals surface area contributed by atoms with Gasteiger partial charge in [-0.15, -0.1) is 0 Å². The van der Waals surface area contributed by atoms with Gasteiger partial charge in [0.2, 0.25) is 0 Å². The number of halogens is 1. The van der Waals surface area contributed by atoms with E-state index in [4.69, 9.17) is 16.7 Å². The summed E-state index contributed by atoms with van der Waals surface area (Å²) in [5.74, 6) is 0. The van der Waals surface area contributed by atoms with Gasteiger partial charge in [0.25, 0.3) is 0 Å². The second-order valence-corrected chi connectivity index (χ2v) is 4.92. The number of hydrogen-bond donors (Lipinski definition) is 1. The molecule has 0 heterocycles. The molecule has 0 aliphatic rings. The van der Waals surface area contributed by atoms with E-state index in [9.17, 15) is 0 Å². The van der Waals surface area contributed by atoms with E-state index in [2.05, 4.69) is 0 Å². The van der Waals surface area contributed by atoms with Crippen LogP contribution in [0, 0.1) is 0 Å². The summed E-state index contributed by atoms with van der Waals surface area (Å²) in [6.07, 6.45) is 0. The van der Waals surface area contributed by atoms with Gasteiger partial charge in [-0.25, -0.2) is 0 Å². The summed E-state index contributed by atoms with van der Waals surface area (Å²) in [5.41, 5.74) is 0. The van der Waals surface area contributed by atoms with E-state index in [0.29, 0.717) is 0 Å². The second-order valence-electron chi connectivity index (χ2n) is 0.905. The van der Waals surface area contributed by atoms with Crippen molar-refractivity contribution in [3.8, 4) is 0 Å². The topological polar surface area (TPSA) is 20.2 Å². The van der Waals surface area contributed by atoms with E-state index >= 15 is 0 Å². The molecule has 3 heteroatoms. The van der Waals surface area contributed by atoms with E-state index < -0.39 is 3.01 Å². The molecule has 0 rings (SSSR count). The first-order valence-electron chi connectivity index (χ1n) is 1.14. The Bertz CT molecular complexity index is 25.1. The number of aliphatic hydroxyl groups is 1. The van der Waals surface area contributed by atoms with Gasteiger partial charge in [-0.2, -0.15) is 0 Å². The van der Waals surface area contributed by atoms with E-state index in [1.807, 2.05) is 0 Å². The molecule has 1 nitrogen and oxygen atoms in total. The fraction of sp³-hybridized carbons (Fsp3) is 1.00. The van der Waals surface area contributed by atoms with Gasteiger partial charge in [-0.1, -0.05) is 0 Å². The molecule has 0 aromatic rings. The van der Waals surface area contributed by atoms with Crippen molar-refractivity contribution in [3.63, 3.8) is 0 Å². The molecule has 0 aliphatic carbocycles. The molecule has 1 atom stereocenters. The van der Waals surface area contributed by atoms with Crippen molar-refractivity contribution in [3.05, 3.63) is 0 Å². The minimum atomic E-state index is -0.978. The summed E-state index contributed by atoms with van der Waals surface area (Å²) < 4.78 is -0.978. The van der Waals surface area contributed by atoms with E-state index in [0.717, 1.165) is 0 Å². The molecule has 0 fully saturated rings. The summed E-state index contributed by atoms with van der Waals surface area (Å²) >= 11 is 6.30. The Morgan fingerprint density at radius 2 is 2.00 bits per heavy atom. The molecule has 30 valence electrons. The zero-order chi connectivity index (χ0) is 4.50. The monoisotopic (exact) mass is 200 g/mol. The quantitative estimate of drug-likeness (QED) is 0.434. The third kappa shape index (κ3) is 41.8. The van der Waals surface area contributed by atoms with Gasteiger partial charge < -0.3 is 0 Å². The molecule has 0 aromatic heterocycles. The van der Waals surface area contributed by atoms with Crippen molar-refractivity contribution in [2.24, 2.45) is 0 Å². The Balaban J connectivity index is 3.02. The summed E-state index contributed by atoms with van der Waals surface area (Å²) in [6, 6.07) is 0. The summed E-state index contributed by atoms with van der Waals surface area (Å²) in [6.45, 7) is 1.53. The van der Waals surface area contributed by atoms with Crippen LogP contribution in [0.5, 0.6) is 0 Å². The van der Waals surface area contributed by atoms with Crippen LogP contribution in [-0.4, -0.2) is 31.1 Å². The third-order valence-electron chi connectivity index (χ3n) is 0. The summed E-state index contributed by atoms with van der Waals surface area (Å²) in [7, 11) is 0. The van der Waals surface area contributed by atoms with Gasteiger partial charge in [0, 0.05) is 0 Å². The van der Waals surface area contributed by atoms with E-state index in [1.165, 1.54) is 29.9 Å². The van der Waals surface area contributed by atoms with Crippen molar-refractivity contribution >= 4 is 34.6 Å². The van der Waals surface area contributed by atoms with Gasteiger partial charge in [0.1, 0.15) is 0 Å². The molecular weight excluding hydrogens is 197 g/mol. The van der Waals surface area contributed by atoms with Crippen LogP contribution in [0.25, 0.3) is 0 Å². The predicted molar refractivity (Wildman–Crippen MR) is 22.2 cm³/mol. The van der Waals surface area contributed by atoms with Crippen molar-refractivity contribution < 1.29 is 5.11 Å². The Labute approximate surface area is 49.8 Å². The van der Waals surface area contributed by atoms with Gasteiger partial charge in [0.05, 0.1) is 0 Å². The van der Waals surface area contributed by atoms with Crippen LogP contribution in [0.3, 0.4) is 0 Å². The normalized spacial score (nSPS) is 21.6. The van der Waals surface area contributed by atoms with Crippen LogP contribution >= 0.6 is 11.6 Å². The first kappa shape index (κ1) is 6.07. The molecule has 1 N–H and O–H groups in total. The van der Waals surface area contributed by atoms with E-state index in [1.54, 1.807) is 0 Å². The third-order valence-corrected chi connectivity index (χ3v) is 0. The zero-order valence-corrected chi connectivity index (χ0v) is 6.08. The fourth-order valence-electron chi connectivity index (χ4n) is 0. The second kappa shape index (κ2) is 1.68. The van der Waals surface area contributed by atoms with E-state index in [-0.39, 0.29) is 0 Å². The Morgan fingerprint density at radius 3 is 2.00 bits per heavy atom. The molecule has 5 heavy (non-hydrogen) atoms. The van der Waals surface area contributed by atoms with Crippen LogP contribution in [0.4, 0.5) is 0 Å². The Morgan fingerprint density at radius 1 is 2.00 bits per heavy atom. The summed E-state index contributed by atoms with van der Waals surface area (Å²) in [4.78, 5) is 0. The predicted octanol–water partition coefficient (Wildman–Crippen LogP) is 0.0597. The van der Waals surface area contributed by atoms with Crippen LogP contribution < -0.4 is 0 Å². The average molecular weight is 201 g/mol. The molecule has 2 radical (unpaired) electrons. The molecule has 0 bridgehead atoms. The van der Waals surface area contributed by atoms with Crippen LogP contribution in [-0.2, 0) is 0 Å². The maximum atomic E-state index is 8.31. The molecule has 0 spiro atoms. The van der Waals surface area contributed by atoms with Crippen molar-refractivity contribution in [2.45, 2.75) is 9.93 Å². The zero-order valence-electron chi connectivity index (χ0n) is 2.77. The molecule has 0 aromatic carbocycles. The van der Waals surface area contributed by atoms with Gasteiger partial charge in [0.15, 0.2) is 0 Å². The van der Waals surface area contributed by atoms with Gasteiger partial charge in [-0.3, -0.25) is 0 Å². The Kier molecular flexibility index (Phi) is 2.04. The Hall–Kier alpha value is 1.07. The SMILES string of the molecule is C[C](O)(Cl)[Sb]. The first-order valence-corrected chi connectivity index (χ1v) is 2.79. The van der Waals surface area contributed by atoms with Gasteiger partial charge >= 0.3 is 49.7 Å². The van der Waals surface area contributed by atoms with Gasteiger partial charge in [-0.05, 0) is 0 Å². The van der Waals surface area contributed by atoms with Crippen molar-refractivity contribution in [1.29, 1.82) is 0 Å². The summed E-state index contributed by atoms with van der Waals surface area (Å²) in [5, 5.41) is 8.31. The molecule has 1 unspecified atom stereocenters. The molecular formula is C2H4ClOSb. The molecule has 0 saturated carbocycles.